The van der Waals surface area contributed by atoms with E-state index in [-0.39, 0.29) is 34.8 Å². The summed E-state index contributed by atoms with van der Waals surface area (Å²) in [7, 11) is -2.87. The van der Waals surface area contributed by atoms with Crippen molar-refractivity contribution in [2.75, 3.05) is 20.2 Å². The van der Waals surface area contributed by atoms with Crippen molar-refractivity contribution in [3.05, 3.63) is 89.7 Å². The Balaban J connectivity index is 1.34. The molecule has 9 nitrogen and oxygen atoms in total. The molecule has 0 radical (unpaired) electrons. The molecule has 3 aromatic carbocycles. The van der Waals surface area contributed by atoms with E-state index in [0.29, 0.717) is 18.5 Å². The fraction of sp³-hybridized carbons (Fsp3) is 0.192. The minimum Gasteiger partial charge on any atom is -0.493 e. The third-order valence-electron chi connectivity index (χ3n) is 5.71. The summed E-state index contributed by atoms with van der Waals surface area (Å²) in [6, 6.07) is 18.3. The summed E-state index contributed by atoms with van der Waals surface area (Å²) in [4.78, 5) is 25.9. The molecule has 3 aromatic rings. The van der Waals surface area contributed by atoms with Gasteiger partial charge in [0.15, 0.2) is 11.5 Å². The van der Waals surface area contributed by atoms with E-state index in [1.165, 1.54) is 36.4 Å². The maximum absolute atomic E-state index is 13.1. The molecule has 192 valence electrons. The van der Waals surface area contributed by atoms with Crippen LogP contribution in [0.3, 0.4) is 0 Å². The number of carbonyl (C=O) groups excluding carboxylic acids is 2. The van der Waals surface area contributed by atoms with Crippen molar-refractivity contribution in [1.29, 1.82) is 0 Å². The summed E-state index contributed by atoms with van der Waals surface area (Å²) in [6.07, 6.45) is 1.70. The van der Waals surface area contributed by atoms with Crippen LogP contribution in [-0.4, -0.2) is 51.5 Å². The van der Waals surface area contributed by atoms with Crippen LogP contribution in [0.15, 0.2) is 82.8 Å². The normalized spacial score (nSPS) is 15.7. The van der Waals surface area contributed by atoms with Crippen molar-refractivity contribution in [3.8, 4) is 11.5 Å². The first-order chi connectivity index (χ1) is 17.7. The van der Waals surface area contributed by atoms with Gasteiger partial charge in [-0.3, -0.25) is 9.59 Å². The predicted molar refractivity (Wildman–Crippen MR) is 133 cm³/mol. The first kappa shape index (κ1) is 25.8. The van der Waals surface area contributed by atoms with Crippen molar-refractivity contribution in [2.45, 2.75) is 17.2 Å². The van der Waals surface area contributed by atoms with Gasteiger partial charge in [0.2, 0.25) is 5.91 Å². The van der Waals surface area contributed by atoms with Gasteiger partial charge in [-0.15, -0.1) is 0 Å². The second kappa shape index (κ2) is 11.2. The van der Waals surface area contributed by atoms with Crippen molar-refractivity contribution < 1.29 is 31.3 Å². The molecule has 1 N–H and O–H groups in total. The summed E-state index contributed by atoms with van der Waals surface area (Å²) in [5.41, 5.74) is 3.94. The number of nitrogens with one attached hydrogen (secondary N) is 1. The second-order valence-corrected chi connectivity index (χ2v) is 9.83. The van der Waals surface area contributed by atoms with E-state index in [4.69, 9.17) is 8.92 Å². The summed E-state index contributed by atoms with van der Waals surface area (Å²) >= 11 is 0. The highest BCUT2D eigenvalue weighted by Crippen LogP contribution is 2.31. The van der Waals surface area contributed by atoms with Gasteiger partial charge in [0.25, 0.3) is 5.91 Å². The molecule has 1 saturated heterocycles. The summed E-state index contributed by atoms with van der Waals surface area (Å²) in [6.45, 7) is 0.344. The lowest BCUT2D eigenvalue weighted by atomic mass is 9.99. The molecule has 1 aliphatic heterocycles. The number of hydrogen-bond acceptors (Lipinski definition) is 7. The summed E-state index contributed by atoms with van der Waals surface area (Å²) in [5.74, 6) is -1.04. The zero-order valence-corrected chi connectivity index (χ0v) is 20.7. The highest BCUT2D eigenvalue weighted by atomic mass is 32.2. The molecule has 4 rings (SSSR count). The van der Waals surface area contributed by atoms with Crippen LogP contribution in [0.5, 0.6) is 11.5 Å². The van der Waals surface area contributed by atoms with E-state index in [1.54, 1.807) is 0 Å². The summed E-state index contributed by atoms with van der Waals surface area (Å²) < 4.78 is 48.4. The maximum Gasteiger partial charge on any atom is 0.339 e. The first-order valence-corrected chi connectivity index (χ1v) is 12.7. The minimum atomic E-state index is -4.21. The lowest BCUT2D eigenvalue weighted by molar-refractivity contribution is -0.133. The molecular weight excluding hydrogens is 501 g/mol. The van der Waals surface area contributed by atoms with Gasteiger partial charge in [0.05, 0.1) is 13.3 Å². The molecule has 0 saturated carbocycles. The Kier molecular flexibility index (Phi) is 7.83. The Hall–Kier alpha value is -4.25. The number of rotatable bonds is 9. The summed E-state index contributed by atoms with van der Waals surface area (Å²) in [5, 5.41) is 3.91. The van der Waals surface area contributed by atoms with Crippen molar-refractivity contribution in [2.24, 2.45) is 5.10 Å². The van der Waals surface area contributed by atoms with Crippen LogP contribution in [0, 0.1) is 5.82 Å². The van der Waals surface area contributed by atoms with Gasteiger partial charge >= 0.3 is 10.1 Å². The van der Waals surface area contributed by atoms with Crippen molar-refractivity contribution in [1.82, 2.24) is 10.3 Å². The molecule has 0 aromatic heterocycles. The van der Waals surface area contributed by atoms with Gasteiger partial charge in [-0.2, -0.15) is 13.5 Å². The second-order valence-electron chi connectivity index (χ2n) is 8.28. The third kappa shape index (κ3) is 6.50. The van der Waals surface area contributed by atoms with E-state index in [0.717, 1.165) is 29.8 Å². The number of ether oxygens (including phenoxy) is 1. The van der Waals surface area contributed by atoms with Crippen molar-refractivity contribution in [3.63, 3.8) is 0 Å². The molecule has 0 bridgehead atoms. The minimum absolute atomic E-state index is 0.0464. The van der Waals surface area contributed by atoms with Gasteiger partial charge < -0.3 is 13.8 Å². The topological polar surface area (TPSA) is 114 Å². The number of methoxy groups -OCH3 is 1. The van der Waals surface area contributed by atoms with Crippen LogP contribution >= 0.6 is 0 Å². The number of likely N-dealkylation sites (tertiary alicyclic amines) is 1. The largest absolute Gasteiger partial charge is 0.493 e. The molecule has 1 heterocycles. The SMILES string of the molecule is COc1cc(/C=N\NC(=O)CN2C[C@@H](c3ccccc3)CC2=O)ccc1OS(=O)(=O)c1ccc(F)cc1. The van der Waals surface area contributed by atoms with Gasteiger partial charge in [-0.1, -0.05) is 30.3 Å². The number of benzene rings is 3. The van der Waals surface area contributed by atoms with Crippen LogP contribution < -0.4 is 14.3 Å². The third-order valence-corrected chi connectivity index (χ3v) is 6.96. The standard InChI is InChI=1S/C26H24FN3O6S/c1-35-24-13-18(7-12-23(24)36-37(33,34)22-10-8-21(27)9-11-22)15-28-29-25(31)17-30-16-20(14-26(30)32)19-5-3-2-4-6-19/h2-13,15,20H,14,16-17H2,1H3,(H,29,31)/b28-15-/t20-/m0/s1. The van der Waals surface area contributed by atoms with Crippen LogP contribution in [0.4, 0.5) is 4.39 Å². The molecule has 1 fully saturated rings. The lowest BCUT2D eigenvalue weighted by Gasteiger charge is -2.15. The Morgan fingerprint density at radius 1 is 1.11 bits per heavy atom. The van der Waals surface area contributed by atoms with Gasteiger partial charge in [0, 0.05) is 18.9 Å². The maximum atomic E-state index is 13.1. The molecule has 0 unspecified atom stereocenters. The van der Waals surface area contributed by atoms with Gasteiger partial charge in [-0.05, 0) is 53.6 Å². The number of carbonyl (C=O) groups is 2. The smallest absolute Gasteiger partial charge is 0.339 e. The number of nitrogens with zero attached hydrogens (tertiary/aromatic N) is 2. The highest BCUT2D eigenvalue weighted by Gasteiger charge is 2.31. The number of hydrogen-bond donors (Lipinski definition) is 1. The van der Waals surface area contributed by atoms with Crippen LogP contribution in [0.1, 0.15) is 23.5 Å². The first-order valence-electron chi connectivity index (χ1n) is 11.3. The number of hydrazone groups is 1. The fourth-order valence-corrected chi connectivity index (χ4v) is 4.80. The van der Waals surface area contributed by atoms with E-state index in [9.17, 15) is 22.4 Å². The molecule has 0 aliphatic carbocycles. The molecule has 11 heteroatoms. The Morgan fingerprint density at radius 3 is 2.54 bits per heavy atom. The molecule has 0 spiro atoms. The van der Waals surface area contributed by atoms with Crippen LogP contribution in [0.2, 0.25) is 0 Å². The van der Waals surface area contributed by atoms with Crippen LogP contribution in [-0.2, 0) is 19.7 Å². The Bertz CT molecular complexity index is 1410. The van der Waals surface area contributed by atoms with Crippen molar-refractivity contribution >= 4 is 28.1 Å². The molecule has 37 heavy (non-hydrogen) atoms. The highest BCUT2D eigenvalue weighted by molar-refractivity contribution is 7.87. The Morgan fingerprint density at radius 2 is 1.84 bits per heavy atom. The Labute approximate surface area is 213 Å². The van der Waals surface area contributed by atoms with Gasteiger partial charge in [0.1, 0.15) is 17.3 Å². The zero-order chi connectivity index (χ0) is 26.4. The molecule has 1 aliphatic rings. The van der Waals surface area contributed by atoms with E-state index in [1.807, 2.05) is 30.3 Å². The van der Waals surface area contributed by atoms with E-state index in [2.05, 4.69) is 10.5 Å². The molecule has 1 atom stereocenters. The monoisotopic (exact) mass is 525 g/mol. The van der Waals surface area contributed by atoms with Gasteiger partial charge in [-0.25, -0.2) is 9.82 Å². The average Bonchev–Trinajstić information content (AvgIpc) is 3.25. The molecule has 2 amide bonds. The van der Waals surface area contributed by atoms with E-state index < -0.39 is 21.8 Å². The van der Waals surface area contributed by atoms with Crippen LogP contribution in [0.25, 0.3) is 0 Å². The fourth-order valence-electron chi connectivity index (χ4n) is 3.86. The number of amides is 2. The molecular formula is C26H24FN3O6S. The quantitative estimate of drug-likeness (QED) is 0.261. The number of halogens is 1. The zero-order valence-electron chi connectivity index (χ0n) is 19.8. The predicted octanol–water partition coefficient (Wildman–Crippen LogP) is 3.07. The van der Waals surface area contributed by atoms with E-state index >= 15 is 0 Å². The average molecular weight is 526 g/mol. The lowest BCUT2D eigenvalue weighted by Crippen LogP contribution is -2.36.